The molecule has 0 aliphatic carbocycles. The van der Waals surface area contributed by atoms with Crippen LogP contribution in [0, 0.1) is 6.92 Å². The highest BCUT2D eigenvalue weighted by Crippen LogP contribution is 2.32. The molecule has 1 amide bonds. The summed E-state index contributed by atoms with van der Waals surface area (Å²) >= 11 is 0. The number of amides is 1. The second-order valence-corrected chi connectivity index (χ2v) is 9.18. The first-order valence-electron chi connectivity index (χ1n) is 11.8. The highest BCUT2D eigenvalue weighted by atomic mass is 16.2. The van der Waals surface area contributed by atoms with Gasteiger partial charge in [0.25, 0.3) is 5.91 Å². The first-order valence-corrected chi connectivity index (χ1v) is 11.8. The van der Waals surface area contributed by atoms with Crippen LogP contribution in [-0.2, 0) is 6.54 Å². The highest BCUT2D eigenvalue weighted by molar-refractivity contribution is 5.96. The molecule has 9 nitrogen and oxygen atoms in total. The molecule has 2 aliphatic rings. The van der Waals surface area contributed by atoms with Crippen molar-refractivity contribution in [1.29, 1.82) is 0 Å². The van der Waals surface area contributed by atoms with E-state index in [1.165, 1.54) is 11.1 Å². The Hall–Kier alpha value is -3.56. The third-order valence-electron chi connectivity index (χ3n) is 7.11. The van der Waals surface area contributed by atoms with Gasteiger partial charge >= 0.3 is 0 Å². The summed E-state index contributed by atoms with van der Waals surface area (Å²) < 4.78 is 0. The minimum atomic E-state index is 0.00693. The smallest absolute Gasteiger partial charge is 0.272 e. The van der Waals surface area contributed by atoms with Gasteiger partial charge in [0.05, 0.1) is 11.7 Å². The van der Waals surface area contributed by atoms with Crippen LogP contribution >= 0.6 is 0 Å². The number of hydrogen-bond donors (Lipinski definition) is 4. The molecule has 9 heteroatoms. The molecule has 34 heavy (non-hydrogen) atoms. The maximum Gasteiger partial charge on any atom is 0.272 e. The Morgan fingerprint density at radius 1 is 1.26 bits per heavy atom. The number of H-pyrrole nitrogens is 2. The summed E-state index contributed by atoms with van der Waals surface area (Å²) in [5, 5.41) is 15.4. The monoisotopic (exact) mass is 456 g/mol. The standard InChI is InChI=1S/C25H28N8O/c1-3-26-8-16-9-27-11-20(14(16)2)15-4-5-21-19(6-15)23(32-31-21)24-29-12-22(30-24)25(34)33-13-17-7-18(33)10-28-17/h4-6,9,11-12,17-18,26,28H,3,7-8,10,13H2,1-2H3,(H,29,30)(H,31,32)/t17?,18-/m0/s1. The molecule has 2 aliphatic heterocycles. The van der Waals surface area contributed by atoms with Crippen LogP contribution in [0.1, 0.15) is 35.0 Å². The first kappa shape index (κ1) is 21.0. The summed E-state index contributed by atoms with van der Waals surface area (Å²) in [6.07, 6.45) is 6.49. The second-order valence-electron chi connectivity index (χ2n) is 9.18. The summed E-state index contributed by atoms with van der Waals surface area (Å²) in [6, 6.07) is 6.92. The number of carbonyl (C=O) groups is 1. The predicted molar refractivity (Wildman–Crippen MR) is 130 cm³/mol. The van der Waals surface area contributed by atoms with Gasteiger partial charge in [-0.3, -0.25) is 14.9 Å². The summed E-state index contributed by atoms with van der Waals surface area (Å²) in [6.45, 7) is 7.56. The minimum Gasteiger partial charge on any atom is -0.333 e. The van der Waals surface area contributed by atoms with Crippen LogP contribution in [0.2, 0.25) is 0 Å². The van der Waals surface area contributed by atoms with Crippen molar-refractivity contribution in [2.75, 3.05) is 19.6 Å². The number of carbonyl (C=O) groups excluding carboxylic acids is 1. The summed E-state index contributed by atoms with van der Waals surface area (Å²) in [5.41, 5.74) is 6.69. The number of pyridine rings is 1. The predicted octanol–water partition coefficient (Wildman–Crippen LogP) is 2.62. The number of likely N-dealkylation sites (tertiary alicyclic amines) is 1. The molecular formula is C25H28N8O. The number of rotatable bonds is 6. The average Bonchev–Trinajstić information content (AvgIpc) is 3.66. The van der Waals surface area contributed by atoms with E-state index in [4.69, 9.17) is 0 Å². The quantitative estimate of drug-likeness (QED) is 0.355. The van der Waals surface area contributed by atoms with Crippen LogP contribution in [-0.4, -0.2) is 67.7 Å². The number of nitrogens with zero attached hydrogens (tertiary/aromatic N) is 4. The number of imidazole rings is 1. The summed E-state index contributed by atoms with van der Waals surface area (Å²) in [5.74, 6) is 0.595. The normalized spacial score (nSPS) is 19.4. The van der Waals surface area contributed by atoms with Gasteiger partial charge in [-0.2, -0.15) is 5.10 Å². The lowest BCUT2D eigenvalue weighted by Crippen LogP contribution is -2.46. The Labute approximate surface area is 197 Å². The van der Waals surface area contributed by atoms with E-state index >= 15 is 0 Å². The molecule has 0 spiro atoms. The minimum absolute atomic E-state index is 0.00693. The molecule has 5 heterocycles. The van der Waals surface area contributed by atoms with Gasteiger partial charge in [-0.15, -0.1) is 0 Å². The number of fused-ring (bicyclic) bond motifs is 3. The van der Waals surface area contributed by atoms with Gasteiger partial charge in [-0.25, -0.2) is 4.98 Å². The molecule has 0 radical (unpaired) electrons. The molecule has 2 fully saturated rings. The highest BCUT2D eigenvalue weighted by Gasteiger charge is 2.40. The van der Waals surface area contributed by atoms with Crippen LogP contribution in [0.25, 0.3) is 33.5 Å². The van der Waals surface area contributed by atoms with Gasteiger partial charge in [0.15, 0.2) is 5.82 Å². The molecule has 2 bridgehead atoms. The van der Waals surface area contributed by atoms with Gasteiger partial charge in [-0.05, 0) is 48.7 Å². The van der Waals surface area contributed by atoms with Crippen molar-refractivity contribution >= 4 is 16.8 Å². The van der Waals surface area contributed by atoms with Crippen LogP contribution in [0.5, 0.6) is 0 Å². The zero-order valence-corrected chi connectivity index (χ0v) is 19.4. The topological polar surface area (TPSA) is 115 Å². The summed E-state index contributed by atoms with van der Waals surface area (Å²) in [4.78, 5) is 27.2. The number of piperazine rings is 1. The van der Waals surface area contributed by atoms with E-state index in [2.05, 4.69) is 61.8 Å². The molecule has 4 aromatic rings. The zero-order chi connectivity index (χ0) is 23.2. The van der Waals surface area contributed by atoms with Crippen LogP contribution in [0.4, 0.5) is 0 Å². The van der Waals surface area contributed by atoms with E-state index in [1.807, 2.05) is 23.4 Å². The largest absolute Gasteiger partial charge is 0.333 e. The fraction of sp³-hybridized carbons (Fsp3) is 0.360. The molecule has 6 rings (SSSR count). The van der Waals surface area contributed by atoms with Crippen molar-refractivity contribution in [1.82, 2.24) is 40.7 Å². The Morgan fingerprint density at radius 3 is 2.97 bits per heavy atom. The zero-order valence-electron chi connectivity index (χ0n) is 19.4. The van der Waals surface area contributed by atoms with E-state index in [0.29, 0.717) is 23.3 Å². The number of aromatic amines is 2. The Balaban J connectivity index is 1.32. The number of nitrogens with one attached hydrogen (secondary N) is 4. The Bertz CT molecular complexity index is 1370. The Morgan fingerprint density at radius 2 is 2.18 bits per heavy atom. The van der Waals surface area contributed by atoms with Crippen LogP contribution in [0.3, 0.4) is 0 Å². The maximum absolute atomic E-state index is 13.1. The van der Waals surface area contributed by atoms with E-state index in [1.54, 1.807) is 6.20 Å². The van der Waals surface area contributed by atoms with Gasteiger partial charge in [0, 0.05) is 55.1 Å². The van der Waals surface area contributed by atoms with Crippen molar-refractivity contribution in [3.8, 4) is 22.6 Å². The number of aromatic nitrogens is 5. The van der Waals surface area contributed by atoms with Gasteiger partial charge in [0.1, 0.15) is 11.4 Å². The molecular weight excluding hydrogens is 428 g/mol. The lowest BCUT2D eigenvalue weighted by molar-refractivity contribution is 0.0710. The van der Waals surface area contributed by atoms with Crippen molar-refractivity contribution in [2.24, 2.45) is 0 Å². The Kier molecular flexibility index (Phi) is 5.15. The lowest BCUT2D eigenvalue weighted by atomic mass is 9.98. The summed E-state index contributed by atoms with van der Waals surface area (Å²) in [7, 11) is 0. The van der Waals surface area contributed by atoms with Crippen LogP contribution < -0.4 is 10.6 Å². The van der Waals surface area contributed by atoms with Gasteiger partial charge < -0.3 is 20.5 Å². The third kappa shape index (κ3) is 3.48. The molecule has 1 aromatic carbocycles. The van der Waals surface area contributed by atoms with E-state index in [0.717, 1.165) is 54.6 Å². The van der Waals surface area contributed by atoms with E-state index in [9.17, 15) is 4.79 Å². The lowest BCUT2D eigenvalue weighted by Gasteiger charge is -2.26. The van der Waals surface area contributed by atoms with E-state index < -0.39 is 0 Å². The molecule has 2 atom stereocenters. The SMILES string of the molecule is CCNCc1cncc(-c2ccc3[nH]nc(-c4ncc(C(=O)N5CC6C[C@H]5CN6)[nH]4)c3c2)c1C. The van der Waals surface area contributed by atoms with Gasteiger partial charge in [-0.1, -0.05) is 13.0 Å². The molecule has 4 N–H and O–H groups in total. The maximum atomic E-state index is 13.1. The fourth-order valence-electron chi connectivity index (χ4n) is 5.17. The number of hydrogen-bond acceptors (Lipinski definition) is 6. The molecule has 1 unspecified atom stereocenters. The van der Waals surface area contributed by atoms with E-state index in [-0.39, 0.29) is 11.9 Å². The second kappa shape index (κ2) is 8.34. The van der Waals surface area contributed by atoms with Crippen molar-refractivity contribution in [3.05, 3.63) is 53.6 Å². The third-order valence-corrected chi connectivity index (χ3v) is 7.11. The van der Waals surface area contributed by atoms with Crippen LogP contribution in [0.15, 0.2) is 36.8 Å². The molecule has 0 saturated carbocycles. The first-order chi connectivity index (χ1) is 16.6. The molecule has 3 aromatic heterocycles. The molecule has 2 saturated heterocycles. The number of benzene rings is 1. The molecule has 174 valence electrons. The van der Waals surface area contributed by atoms with Crippen molar-refractivity contribution in [3.63, 3.8) is 0 Å². The van der Waals surface area contributed by atoms with Gasteiger partial charge in [0.2, 0.25) is 0 Å². The van der Waals surface area contributed by atoms with Crippen molar-refractivity contribution in [2.45, 2.75) is 38.9 Å². The fourth-order valence-corrected chi connectivity index (χ4v) is 5.17. The van der Waals surface area contributed by atoms with Crippen molar-refractivity contribution < 1.29 is 4.79 Å². The average molecular weight is 457 g/mol.